The number of imidazole rings is 1. The van der Waals surface area contributed by atoms with Gasteiger partial charge in [-0.15, -0.1) is 0 Å². The van der Waals surface area contributed by atoms with Crippen LogP contribution in [0.1, 0.15) is 130 Å². The molecular weight excluding hydrogens is 1020 g/mol. The molecule has 0 spiro atoms. The van der Waals surface area contributed by atoms with Crippen LogP contribution in [-0.2, 0) is 41.0 Å². The molecule has 0 aliphatic rings. The molecule has 0 radical (unpaired) electrons. The Bertz CT molecular complexity index is 2840. The molecule has 0 bridgehead atoms. The van der Waals surface area contributed by atoms with E-state index in [-0.39, 0.29) is 55.9 Å². The maximum absolute atomic E-state index is 13.7. The third-order valence-electron chi connectivity index (χ3n) is 14.5. The van der Waals surface area contributed by atoms with Crippen molar-refractivity contribution < 1.29 is 57.8 Å². The van der Waals surface area contributed by atoms with Gasteiger partial charge in [0.25, 0.3) is 0 Å². The van der Waals surface area contributed by atoms with Gasteiger partial charge in [-0.25, -0.2) is 15.0 Å². The van der Waals surface area contributed by atoms with E-state index in [4.69, 9.17) is 33.7 Å². The molecule has 8 aromatic rings. The predicted molar refractivity (Wildman–Crippen MR) is 317 cm³/mol. The first-order valence-electron chi connectivity index (χ1n) is 28.6. The van der Waals surface area contributed by atoms with Crippen LogP contribution in [0.4, 0.5) is 5.82 Å². The Labute approximate surface area is 497 Å². The number of nitrogens with zero attached hydrogens (tertiary/aromatic N) is 4. The Morgan fingerprint density at radius 3 is 1.50 bits per heavy atom. The minimum atomic E-state index is -4.51. The van der Waals surface area contributed by atoms with Gasteiger partial charge in [0, 0.05) is 6.61 Å². The Morgan fingerprint density at radius 1 is 0.562 bits per heavy atom. The van der Waals surface area contributed by atoms with Crippen molar-refractivity contribution in [3.63, 3.8) is 0 Å². The van der Waals surface area contributed by atoms with E-state index in [1.165, 1.54) is 77.0 Å². The van der Waals surface area contributed by atoms with Gasteiger partial charge in [0.05, 0.1) is 38.8 Å². The largest absolute Gasteiger partial charge is 1.00 e. The van der Waals surface area contributed by atoms with E-state index in [1.54, 1.807) is 6.33 Å². The first-order chi connectivity index (χ1) is 38.9. The number of anilines is 1. The second-order valence-corrected chi connectivity index (χ2v) is 22.0. The van der Waals surface area contributed by atoms with E-state index in [0.29, 0.717) is 23.6 Å². The molecule has 0 saturated carbocycles. The average molecular weight is 1100 g/mol. The molecule has 13 heteroatoms. The summed E-state index contributed by atoms with van der Waals surface area (Å²) in [5, 5.41) is 3.87. The average Bonchev–Trinajstić information content (AvgIpc) is 3.93. The molecule has 0 amide bonds. The molecule has 0 saturated heterocycles. The summed E-state index contributed by atoms with van der Waals surface area (Å²) in [6, 6.07) is 61.1. The fraction of sp³-hybridized carbons (Fsp3) is 0.358. The maximum atomic E-state index is 13.7. The normalized spacial score (nSPS) is 13.0. The second kappa shape index (κ2) is 33.4. The predicted octanol–water partition coefficient (Wildman–Crippen LogP) is 12.2. The third kappa shape index (κ3) is 17.5. The fourth-order valence-electron chi connectivity index (χ4n) is 10.4. The molecule has 1 N–H and O–H groups in total. The van der Waals surface area contributed by atoms with Crippen molar-refractivity contribution >= 4 is 24.6 Å². The number of rotatable bonds is 36. The summed E-state index contributed by atoms with van der Waals surface area (Å²) in [6.07, 6.45) is 23.7. The molecule has 0 aliphatic carbocycles. The van der Waals surface area contributed by atoms with E-state index in [1.807, 2.05) is 150 Å². The minimum absolute atomic E-state index is 0. The molecule has 6 aromatic carbocycles. The first kappa shape index (κ1) is 62.0. The van der Waals surface area contributed by atoms with Crippen molar-refractivity contribution in [2.75, 3.05) is 38.1 Å². The van der Waals surface area contributed by atoms with Crippen molar-refractivity contribution in [3.05, 3.63) is 240 Å². The van der Waals surface area contributed by atoms with Crippen molar-refractivity contribution in [2.45, 2.75) is 121 Å². The summed E-state index contributed by atoms with van der Waals surface area (Å²) < 4.78 is 40.5. The molecule has 2 aromatic heterocycles. The molecule has 8 rings (SSSR count). The molecule has 11 nitrogen and oxygen atoms in total. The number of ether oxygens (including phenoxy) is 3. The maximum Gasteiger partial charge on any atom is 1.00 e. The van der Waals surface area contributed by atoms with Crippen LogP contribution in [0.25, 0.3) is 11.2 Å². The standard InChI is InChI=1S/C67H80N5O6P.Na/c1-2-3-4-5-6-7-8-9-10-11-12-13-14-15-16-35-48-75-49-50-78-79(73,74)55-76-62(52-77-67(59-42-29-20-30-43-59,60-44-31-21-32-45-60)61-46-33-22-34-47-61)51-72-54-70-63-64(68-53-69-65(63)72)71-66(56-36-23-17-24-37-56,57-38-25-18-26-39-57)58-40-27-19-28-41-58;/h9-10,17-34,36-47,53-54,62H,2-8,11-16,35,48-52,55H2,1H3,(H,73,74)(H,68,69,71);/q;+1/p-1/b10-9-;/t62-;/m0./s1. The number of hydrogen-bond acceptors (Lipinski definition) is 10. The van der Waals surface area contributed by atoms with Crippen molar-refractivity contribution in [1.82, 2.24) is 19.5 Å². The summed E-state index contributed by atoms with van der Waals surface area (Å²) in [7, 11) is -4.51. The van der Waals surface area contributed by atoms with Crippen LogP contribution in [-0.4, -0.2) is 58.4 Å². The van der Waals surface area contributed by atoms with Crippen LogP contribution >= 0.6 is 7.60 Å². The Morgan fingerprint density at radius 2 is 1.01 bits per heavy atom. The molecule has 0 fully saturated rings. The first-order valence-corrected chi connectivity index (χ1v) is 30.4. The van der Waals surface area contributed by atoms with Gasteiger partial charge < -0.3 is 38.1 Å². The van der Waals surface area contributed by atoms with Crippen LogP contribution in [0.15, 0.2) is 207 Å². The van der Waals surface area contributed by atoms with E-state index < -0.39 is 31.2 Å². The van der Waals surface area contributed by atoms with Gasteiger partial charge in [-0.3, -0.25) is 0 Å². The van der Waals surface area contributed by atoms with Crippen molar-refractivity contribution in [3.8, 4) is 0 Å². The molecule has 80 heavy (non-hydrogen) atoms. The zero-order chi connectivity index (χ0) is 54.7. The number of aromatic nitrogens is 4. The van der Waals surface area contributed by atoms with Gasteiger partial charge in [0.15, 0.2) is 19.1 Å². The molecule has 0 aliphatic heterocycles. The number of nitrogens with one attached hydrogen (secondary N) is 1. The van der Waals surface area contributed by atoms with Crippen molar-refractivity contribution in [1.29, 1.82) is 0 Å². The molecule has 2 heterocycles. The van der Waals surface area contributed by atoms with E-state index in [9.17, 15) is 9.46 Å². The van der Waals surface area contributed by atoms with Crippen LogP contribution in [0.5, 0.6) is 0 Å². The molecule has 2 atom stereocenters. The molecule has 1 unspecified atom stereocenters. The van der Waals surface area contributed by atoms with Crippen LogP contribution in [0, 0.1) is 0 Å². The van der Waals surface area contributed by atoms with Gasteiger partial charge in [-0.2, -0.15) is 0 Å². The summed E-state index contributed by atoms with van der Waals surface area (Å²) in [4.78, 5) is 28.2. The van der Waals surface area contributed by atoms with E-state index >= 15 is 0 Å². The van der Waals surface area contributed by atoms with Crippen LogP contribution < -0.4 is 39.8 Å². The minimum Gasteiger partial charge on any atom is -0.777 e. The number of benzene rings is 6. The zero-order valence-corrected chi connectivity index (χ0v) is 49.9. The van der Waals surface area contributed by atoms with Crippen molar-refractivity contribution in [2.24, 2.45) is 0 Å². The smallest absolute Gasteiger partial charge is 0.777 e. The Balaban J connectivity index is 0.00000924. The van der Waals surface area contributed by atoms with E-state index in [0.717, 1.165) is 52.6 Å². The second-order valence-electron chi connectivity index (χ2n) is 20.3. The van der Waals surface area contributed by atoms with E-state index in [2.05, 4.69) is 60.8 Å². The number of hydrogen-bond donors (Lipinski definition) is 1. The number of allylic oxidation sites excluding steroid dienone is 2. The zero-order valence-electron chi connectivity index (χ0n) is 47.0. The monoisotopic (exact) mass is 1100 g/mol. The van der Waals surface area contributed by atoms with Gasteiger partial charge in [0.1, 0.15) is 29.3 Å². The van der Waals surface area contributed by atoms with Gasteiger partial charge in [-0.1, -0.05) is 259 Å². The quantitative estimate of drug-likeness (QED) is 0.0133. The number of fused-ring (bicyclic) bond motifs is 1. The summed E-state index contributed by atoms with van der Waals surface area (Å²) in [5.41, 5.74) is 4.79. The summed E-state index contributed by atoms with van der Waals surface area (Å²) in [6.45, 7) is 2.97. The van der Waals surface area contributed by atoms with Crippen LogP contribution in [0.2, 0.25) is 0 Å². The van der Waals surface area contributed by atoms with Gasteiger partial charge in [0.2, 0.25) is 0 Å². The topological polar surface area (TPSA) is 133 Å². The fourth-order valence-corrected chi connectivity index (χ4v) is 11.3. The third-order valence-corrected chi connectivity index (χ3v) is 15.6. The Kier molecular flexibility index (Phi) is 25.9. The Hall–Kier alpha value is -5.56. The summed E-state index contributed by atoms with van der Waals surface area (Å²) >= 11 is 0. The van der Waals surface area contributed by atoms with Gasteiger partial charge >= 0.3 is 29.6 Å². The van der Waals surface area contributed by atoms with Gasteiger partial charge in [-0.05, 0) is 65.5 Å². The molecular formula is C67H79N5NaO6P. The SMILES string of the molecule is CCCCCCCC/C=C\CCCCCCCCOCCOP(=O)([O-])CO[C@H](COC(c1ccccc1)(c1ccccc1)c1ccccc1)Cn1cnc2c(NC(c3ccccc3)(c3ccccc3)c3ccccc3)ncnc21.[Na+]. The van der Waals surface area contributed by atoms with Crippen LogP contribution in [0.3, 0.4) is 0 Å². The molecule has 414 valence electrons. The summed E-state index contributed by atoms with van der Waals surface area (Å²) in [5.74, 6) is 0.512. The number of unbranched alkanes of at least 4 members (excludes halogenated alkanes) is 12.